The van der Waals surface area contributed by atoms with Crippen LogP contribution < -0.4 is 10.1 Å². The van der Waals surface area contributed by atoms with Crippen molar-refractivity contribution in [2.75, 3.05) is 11.9 Å². The third kappa shape index (κ3) is 4.81. The zero-order chi connectivity index (χ0) is 15.0. The number of nitrogens with zero attached hydrogens (tertiary/aromatic N) is 1. The minimum atomic E-state index is -0.424. The van der Waals surface area contributed by atoms with E-state index in [4.69, 9.17) is 11.2 Å². The molecule has 1 unspecified atom stereocenters. The molecule has 1 atom stereocenters. The second kappa shape index (κ2) is 8.05. The predicted molar refractivity (Wildman–Crippen MR) is 80.0 cm³/mol. The van der Waals surface area contributed by atoms with Crippen LogP contribution in [0.1, 0.15) is 33.1 Å². The molecule has 0 heterocycles. The summed E-state index contributed by atoms with van der Waals surface area (Å²) in [6.45, 7) is 4.53. The van der Waals surface area contributed by atoms with Crippen LogP contribution in [0.25, 0.3) is 0 Å². The molecule has 0 aliphatic heterocycles. The van der Waals surface area contributed by atoms with Crippen molar-refractivity contribution in [1.82, 2.24) is 0 Å². The number of rotatable bonds is 8. The first kappa shape index (κ1) is 15.8. The highest BCUT2D eigenvalue weighted by Gasteiger charge is 2.12. The minimum Gasteiger partial charge on any atom is -0.493 e. The van der Waals surface area contributed by atoms with Gasteiger partial charge in [0.25, 0.3) is 5.69 Å². The molecule has 0 fully saturated rings. The molecule has 0 aromatic heterocycles. The predicted octanol–water partition coefficient (Wildman–Crippen LogP) is 3.60. The highest BCUT2D eigenvalue weighted by Crippen LogP contribution is 2.27. The van der Waals surface area contributed by atoms with Gasteiger partial charge in [-0.2, -0.15) is 0 Å². The number of non-ortho nitro benzene ring substituents is 1. The van der Waals surface area contributed by atoms with Crippen molar-refractivity contribution in [3.8, 4) is 18.1 Å². The molecule has 108 valence electrons. The maximum absolute atomic E-state index is 11.0. The summed E-state index contributed by atoms with van der Waals surface area (Å²) in [5.74, 6) is 3.10. The van der Waals surface area contributed by atoms with Crippen molar-refractivity contribution < 1.29 is 9.66 Å². The van der Waals surface area contributed by atoms with Gasteiger partial charge in [0, 0.05) is 30.3 Å². The summed E-state index contributed by atoms with van der Waals surface area (Å²) in [7, 11) is 0. The number of hydrogen-bond acceptors (Lipinski definition) is 4. The molecule has 5 nitrogen and oxygen atoms in total. The average Bonchev–Trinajstić information content (AvgIpc) is 2.44. The first-order valence-corrected chi connectivity index (χ1v) is 6.73. The summed E-state index contributed by atoms with van der Waals surface area (Å²) < 4.78 is 5.48. The largest absolute Gasteiger partial charge is 0.493 e. The molecule has 0 amide bonds. The van der Waals surface area contributed by atoms with E-state index < -0.39 is 4.92 Å². The lowest BCUT2D eigenvalue weighted by molar-refractivity contribution is -0.384. The maximum atomic E-state index is 11.0. The van der Waals surface area contributed by atoms with Crippen molar-refractivity contribution in [3.63, 3.8) is 0 Å². The van der Waals surface area contributed by atoms with Crippen LogP contribution in [0.5, 0.6) is 5.75 Å². The van der Waals surface area contributed by atoms with Crippen molar-refractivity contribution in [3.05, 3.63) is 28.3 Å². The van der Waals surface area contributed by atoms with E-state index in [-0.39, 0.29) is 11.7 Å². The van der Waals surface area contributed by atoms with Crippen molar-refractivity contribution in [2.24, 2.45) is 0 Å². The Balaban J connectivity index is 2.96. The summed E-state index contributed by atoms with van der Waals surface area (Å²) >= 11 is 0. The van der Waals surface area contributed by atoms with E-state index in [1.807, 2.05) is 13.8 Å². The fourth-order valence-corrected chi connectivity index (χ4v) is 1.75. The number of nitro groups is 1. The molecule has 1 aromatic rings. The number of benzene rings is 1. The molecule has 1 rings (SSSR count). The quantitative estimate of drug-likeness (QED) is 0.447. The lowest BCUT2D eigenvalue weighted by atomic mass is 10.1. The van der Waals surface area contributed by atoms with Crippen molar-refractivity contribution >= 4 is 11.4 Å². The number of nitrogens with one attached hydrogen (secondary N) is 1. The Hall–Kier alpha value is -2.22. The third-order valence-electron chi connectivity index (χ3n) is 2.80. The van der Waals surface area contributed by atoms with E-state index in [1.54, 1.807) is 6.07 Å². The van der Waals surface area contributed by atoms with Gasteiger partial charge in [0.2, 0.25) is 0 Å². The molecule has 0 bridgehead atoms. The smallest absolute Gasteiger partial charge is 0.275 e. The first-order valence-electron chi connectivity index (χ1n) is 6.73. The topological polar surface area (TPSA) is 64.4 Å². The molecule has 0 saturated heterocycles. The highest BCUT2D eigenvalue weighted by atomic mass is 16.6. The second-order valence-corrected chi connectivity index (χ2v) is 4.48. The van der Waals surface area contributed by atoms with Gasteiger partial charge in [0.1, 0.15) is 5.75 Å². The van der Waals surface area contributed by atoms with Gasteiger partial charge in [0.15, 0.2) is 0 Å². The van der Waals surface area contributed by atoms with Crippen LogP contribution in [-0.2, 0) is 0 Å². The lowest BCUT2D eigenvalue weighted by Gasteiger charge is -2.16. The number of nitro benzene ring substituents is 1. The monoisotopic (exact) mass is 276 g/mol. The van der Waals surface area contributed by atoms with E-state index >= 15 is 0 Å². The van der Waals surface area contributed by atoms with Gasteiger partial charge in [0.05, 0.1) is 17.6 Å². The molecule has 0 aliphatic carbocycles. The Morgan fingerprint density at radius 1 is 1.45 bits per heavy atom. The number of anilines is 1. The van der Waals surface area contributed by atoms with Crippen LogP contribution in [0.2, 0.25) is 0 Å². The van der Waals surface area contributed by atoms with Gasteiger partial charge in [-0.25, -0.2) is 0 Å². The van der Waals surface area contributed by atoms with Gasteiger partial charge in [-0.15, -0.1) is 12.3 Å². The number of hydrogen-bond donors (Lipinski definition) is 1. The molecule has 20 heavy (non-hydrogen) atoms. The van der Waals surface area contributed by atoms with Crippen LogP contribution in [0, 0.1) is 22.5 Å². The molecule has 5 heteroatoms. The van der Waals surface area contributed by atoms with Crippen LogP contribution >= 0.6 is 0 Å². The summed E-state index contributed by atoms with van der Waals surface area (Å²) in [5.41, 5.74) is 0.670. The summed E-state index contributed by atoms with van der Waals surface area (Å²) in [4.78, 5) is 10.5. The normalized spacial score (nSPS) is 11.4. The SMILES string of the molecule is C#CCC(CC)Nc1cc(OCCC)cc([N+](=O)[O-])c1. The standard InChI is InChI=1S/C15H20N2O3/c1-4-7-12(6-3)16-13-9-14(17(18)19)11-15(10-13)20-8-5-2/h1,9-12,16H,5-8H2,2-3H3. The Morgan fingerprint density at radius 2 is 2.20 bits per heavy atom. The molecule has 0 saturated carbocycles. The Bertz CT molecular complexity index is 494. The van der Waals surface area contributed by atoms with Gasteiger partial charge >= 0.3 is 0 Å². The maximum Gasteiger partial charge on any atom is 0.275 e. The molecular weight excluding hydrogens is 256 g/mol. The van der Waals surface area contributed by atoms with Gasteiger partial charge in [-0.3, -0.25) is 10.1 Å². The fraction of sp³-hybridized carbons (Fsp3) is 0.467. The zero-order valence-electron chi connectivity index (χ0n) is 11.9. The van der Waals surface area contributed by atoms with Crippen LogP contribution in [0.15, 0.2) is 18.2 Å². The lowest BCUT2D eigenvalue weighted by Crippen LogP contribution is -2.17. The first-order chi connectivity index (χ1) is 9.60. The summed E-state index contributed by atoms with van der Waals surface area (Å²) in [5, 5.41) is 14.2. The molecule has 0 spiro atoms. The fourth-order valence-electron chi connectivity index (χ4n) is 1.75. The summed E-state index contributed by atoms with van der Waals surface area (Å²) in [6.07, 6.45) is 7.58. The minimum absolute atomic E-state index is 0.0108. The molecule has 1 aromatic carbocycles. The Kier molecular flexibility index (Phi) is 6.38. The average molecular weight is 276 g/mol. The van der Waals surface area contributed by atoms with Crippen molar-refractivity contribution in [2.45, 2.75) is 39.2 Å². The number of ether oxygens (including phenoxy) is 1. The molecule has 0 aliphatic rings. The summed E-state index contributed by atoms with van der Waals surface area (Å²) in [6, 6.07) is 4.80. The highest BCUT2D eigenvalue weighted by molar-refractivity contribution is 5.56. The van der Waals surface area contributed by atoms with E-state index in [0.29, 0.717) is 24.5 Å². The van der Waals surface area contributed by atoms with E-state index in [0.717, 1.165) is 12.8 Å². The second-order valence-electron chi connectivity index (χ2n) is 4.48. The molecule has 0 radical (unpaired) electrons. The van der Waals surface area contributed by atoms with Gasteiger partial charge in [-0.1, -0.05) is 13.8 Å². The van der Waals surface area contributed by atoms with Crippen LogP contribution in [-0.4, -0.2) is 17.6 Å². The Labute approximate surface area is 119 Å². The van der Waals surface area contributed by atoms with E-state index in [1.165, 1.54) is 12.1 Å². The van der Waals surface area contributed by atoms with Gasteiger partial charge < -0.3 is 10.1 Å². The van der Waals surface area contributed by atoms with E-state index in [2.05, 4.69) is 11.2 Å². The molecular formula is C15H20N2O3. The van der Waals surface area contributed by atoms with Gasteiger partial charge in [-0.05, 0) is 12.8 Å². The molecule has 1 N–H and O–H groups in total. The van der Waals surface area contributed by atoms with Crippen LogP contribution in [0.3, 0.4) is 0 Å². The Morgan fingerprint density at radius 3 is 2.75 bits per heavy atom. The van der Waals surface area contributed by atoms with Crippen LogP contribution in [0.4, 0.5) is 11.4 Å². The van der Waals surface area contributed by atoms with E-state index in [9.17, 15) is 10.1 Å². The zero-order valence-corrected chi connectivity index (χ0v) is 11.9. The number of terminal acetylenes is 1. The third-order valence-corrected chi connectivity index (χ3v) is 2.80. The van der Waals surface area contributed by atoms with Crippen molar-refractivity contribution in [1.29, 1.82) is 0 Å².